The minimum absolute atomic E-state index is 0.114. The van der Waals surface area contributed by atoms with Gasteiger partial charge in [-0.25, -0.2) is 14.4 Å². The second kappa shape index (κ2) is 35.9. The van der Waals surface area contributed by atoms with Crippen LogP contribution < -0.4 is 26.6 Å². The van der Waals surface area contributed by atoms with Crippen molar-refractivity contribution in [3.63, 3.8) is 0 Å². The molecule has 23 nitrogen and oxygen atoms in total. The van der Waals surface area contributed by atoms with E-state index < -0.39 is 48.8 Å². The molecule has 0 aromatic carbocycles. The first-order valence-electron chi connectivity index (χ1n) is 23.0. The van der Waals surface area contributed by atoms with E-state index in [0.29, 0.717) is 145 Å². The van der Waals surface area contributed by atoms with Gasteiger partial charge in [0.2, 0.25) is 5.91 Å². The zero-order chi connectivity index (χ0) is 47.5. The molecule has 0 aromatic heterocycles. The second-order valence-corrected chi connectivity index (χ2v) is 16.4. The number of carbonyl (C=O) groups excluding carboxylic acids is 4. The molecule has 0 aromatic rings. The van der Waals surface area contributed by atoms with Crippen molar-refractivity contribution in [1.82, 2.24) is 36.4 Å². The first-order valence-corrected chi connectivity index (χ1v) is 23.0. The van der Waals surface area contributed by atoms with Crippen LogP contribution in [-0.4, -0.2) is 243 Å². The minimum atomic E-state index is -1.28. The van der Waals surface area contributed by atoms with Crippen LogP contribution in [0.5, 0.6) is 0 Å². The molecule has 65 heavy (non-hydrogen) atoms. The standard InChI is InChI=1S/C42H81N7O16/c1-33(51)47-36-34(64-35(32-50)37(52)38(36)53)8-6-5-7-18-57-22-23-58-19-10-43-39(54)44-11-20-59-24-26-61-28-30-63-31-29-62-27-25-60-21-12-45-40(55)49-16-14-48(15-17-49)13-9-46-41(56)65-42(2,3)4/h34-38,50,52-53H,5-32H2,1-4H3,(H,45,55)(H,46,56)(H,47,51)(H2,43,44,54)/t34-,35-,36+,37+,38-/m1/s1. The van der Waals surface area contributed by atoms with Crippen LogP contribution in [0.25, 0.3) is 0 Å². The summed E-state index contributed by atoms with van der Waals surface area (Å²) in [4.78, 5) is 51.7. The highest BCUT2D eigenvalue weighted by Gasteiger charge is 2.44. The molecule has 2 aliphatic heterocycles. The molecule has 0 unspecified atom stereocenters. The maximum atomic E-state index is 12.4. The van der Waals surface area contributed by atoms with E-state index in [1.807, 2.05) is 20.8 Å². The van der Waals surface area contributed by atoms with E-state index in [2.05, 4.69) is 31.5 Å². The number of aliphatic hydroxyl groups is 3. The first-order chi connectivity index (χ1) is 31.3. The molecule has 5 atom stereocenters. The number of rotatable bonds is 35. The summed E-state index contributed by atoms with van der Waals surface area (Å²) < 4.78 is 49.6. The van der Waals surface area contributed by atoms with Crippen LogP contribution in [0.3, 0.4) is 0 Å². The smallest absolute Gasteiger partial charge is 0.407 e. The number of hydrogen-bond donors (Lipinski definition) is 8. The highest BCUT2D eigenvalue weighted by molar-refractivity contribution is 5.74. The van der Waals surface area contributed by atoms with Gasteiger partial charge in [0.15, 0.2) is 0 Å². The third-order valence-electron chi connectivity index (χ3n) is 9.88. The lowest BCUT2D eigenvalue weighted by atomic mass is 9.90. The number of aliphatic hydroxyl groups excluding tert-OH is 3. The van der Waals surface area contributed by atoms with Crippen molar-refractivity contribution in [2.75, 3.05) is 158 Å². The summed E-state index contributed by atoms with van der Waals surface area (Å²) >= 11 is 0. The summed E-state index contributed by atoms with van der Waals surface area (Å²) in [5.74, 6) is -0.335. The predicted octanol–water partition coefficient (Wildman–Crippen LogP) is -1.20. The Hall–Kier alpha value is -3.20. The lowest BCUT2D eigenvalue weighted by molar-refractivity contribution is -0.196. The van der Waals surface area contributed by atoms with Gasteiger partial charge >= 0.3 is 18.2 Å². The van der Waals surface area contributed by atoms with Crippen molar-refractivity contribution in [3.8, 4) is 0 Å². The summed E-state index contributed by atoms with van der Waals surface area (Å²) in [5.41, 5.74) is -0.527. The van der Waals surface area contributed by atoms with Gasteiger partial charge in [0.25, 0.3) is 0 Å². The van der Waals surface area contributed by atoms with Crippen molar-refractivity contribution in [2.24, 2.45) is 0 Å². The number of piperazine rings is 1. The molecule has 23 heteroatoms. The number of alkyl carbamates (subject to hydrolysis) is 1. The molecule has 0 bridgehead atoms. The lowest BCUT2D eigenvalue weighted by Gasteiger charge is -2.42. The van der Waals surface area contributed by atoms with Gasteiger partial charge in [-0.1, -0.05) is 12.8 Å². The molecule has 2 aliphatic rings. The largest absolute Gasteiger partial charge is 0.444 e. The van der Waals surface area contributed by atoms with Gasteiger partial charge in [-0.05, 0) is 33.6 Å². The fourth-order valence-corrected chi connectivity index (χ4v) is 6.57. The quantitative estimate of drug-likeness (QED) is 0.0347. The number of nitrogens with one attached hydrogen (secondary N) is 5. The molecule has 0 radical (unpaired) electrons. The molecule has 380 valence electrons. The van der Waals surface area contributed by atoms with Gasteiger partial charge in [0.05, 0.1) is 105 Å². The zero-order valence-corrected chi connectivity index (χ0v) is 39.2. The van der Waals surface area contributed by atoms with Gasteiger partial charge in [0, 0.05) is 72.4 Å². The predicted molar refractivity (Wildman–Crippen MR) is 237 cm³/mol. The van der Waals surface area contributed by atoms with Crippen LogP contribution in [-0.2, 0) is 47.4 Å². The number of unbranched alkanes of at least 4 members (excludes halogenated alkanes) is 2. The van der Waals surface area contributed by atoms with Crippen molar-refractivity contribution in [2.45, 2.75) is 89.4 Å². The van der Waals surface area contributed by atoms with Gasteiger partial charge in [-0.3, -0.25) is 9.69 Å². The fraction of sp³-hybridized carbons (Fsp3) is 0.905. The molecule has 0 saturated carbocycles. The minimum Gasteiger partial charge on any atom is -0.444 e. The Bertz CT molecular complexity index is 1260. The number of hydrogen-bond acceptors (Lipinski definition) is 17. The SMILES string of the molecule is CC(=O)N[C@@H]1[C@@H](O)[C@@H](O)[C@@H](CO)O[C@@H]1CCCCCOCCOCCNC(=O)NCCOCCOCCOCCOCCOCCNC(=O)N1CCN(CCNC(=O)OC(C)(C)C)CC1. The van der Waals surface area contributed by atoms with Crippen molar-refractivity contribution in [1.29, 1.82) is 0 Å². The molecule has 6 amide bonds. The van der Waals surface area contributed by atoms with Gasteiger partial charge in [0.1, 0.15) is 23.9 Å². The van der Waals surface area contributed by atoms with Crippen molar-refractivity contribution in [3.05, 3.63) is 0 Å². The van der Waals surface area contributed by atoms with E-state index in [4.69, 9.17) is 42.6 Å². The average Bonchev–Trinajstić information content (AvgIpc) is 3.26. The molecule has 2 saturated heterocycles. The van der Waals surface area contributed by atoms with Crippen LogP contribution in [0.15, 0.2) is 0 Å². The monoisotopic (exact) mass is 940 g/mol. The van der Waals surface area contributed by atoms with E-state index in [9.17, 15) is 34.5 Å². The summed E-state index contributed by atoms with van der Waals surface area (Å²) in [7, 11) is 0. The van der Waals surface area contributed by atoms with Gasteiger partial charge < -0.3 is 89.4 Å². The van der Waals surface area contributed by atoms with Crippen molar-refractivity contribution < 1.29 is 77.1 Å². The molecule has 0 spiro atoms. The molecule has 2 rings (SSSR count). The molecule has 8 N–H and O–H groups in total. The van der Waals surface area contributed by atoms with Crippen LogP contribution in [0, 0.1) is 0 Å². The molecule has 2 heterocycles. The third-order valence-corrected chi connectivity index (χ3v) is 9.88. The number of carbonyl (C=O) groups is 4. The third kappa shape index (κ3) is 29.2. The number of nitrogens with zero attached hydrogens (tertiary/aromatic N) is 2. The Kier molecular flexibility index (Phi) is 32.0. The summed E-state index contributed by atoms with van der Waals surface area (Å²) in [6.45, 7) is 17.1. The molecule has 2 fully saturated rings. The summed E-state index contributed by atoms with van der Waals surface area (Å²) in [5, 5.41) is 43.7. The van der Waals surface area contributed by atoms with Crippen molar-refractivity contribution >= 4 is 24.1 Å². The Balaban J connectivity index is 1.25. The van der Waals surface area contributed by atoms with Crippen LogP contribution in [0.1, 0.15) is 53.4 Å². The summed E-state index contributed by atoms with van der Waals surface area (Å²) in [6, 6.07) is -1.18. The summed E-state index contributed by atoms with van der Waals surface area (Å²) in [6.07, 6.45) is -1.43. The van der Waals surface area contributed by atoms with E-state index in [1.165, 1.54) is 6.92 Å². The van der Waals surface area contributed by atoms with E-state index in [0.717, 1.165) is 32.4 Å². The lowest BCUT2D eigenvalue weighted by Crippen LogP contribution is -2.63. The highest BCUT2D eigenvalue weighted by atomic mass is 16.6. The number of urea groups is 2. The Morgan fingerprint density at radius 2 is 1.09 bits per heavy atom. The van der Waals surface area contributed by atoms with E-state index in [-0.39, 0.29) is 18.0 Å². The Labute approximate surface area is 384 Å². The normalized spacial score (nSPS) is 20.3. The Morgan fingerprint density at radius 1 is 0.600 bits per heavy atom. The van der Waals surface area contributed by atoms with E-state index >= 15 is 0 Å². The topological polar surface area (TPSA) is 279 Å². The zero-order valence-electron chi connectivity index (χ0n) is 39.2. The van der Waals surface area contributed by atoms with Crippen LogP contribution in [0.2, 0.25) is 0 Å². The fourth-order valence-electron chi connectivity index (χ4n) is 6.57. The number of ether oxygens (including phenoxy) is 9. The van der Waals surface area contributed by atoms with Gasteiger partial charge in [-0.2, -0.15) is 0 Å². The van der Waals surface area contributed by atoms with Crippen LogP contribution >= 0.6 is 0 Å². The van der Waals surface area contributed by atoms with Gasteiger partial charge in [-0.15, -0.1) is 0 Å². The molecule has 0 aliphatic carbocycles. The maximum Gasteiger partial charge on any atom is 0.407 e. The second-order valence-electron chi connectivity index (χ2n) is 16.4. The number of amides is 6. The Morgan fingerprint density at radius 3 is 1.58 bits per heavy atom. The molecular weight excluding hydrogens is 858 g/mol. The first kappa shape index (κ1) is 57.9. The van der Waals surface area contributed by atoms with Crippen LogP contribution in [0.4, 0.5) is 14.4 Å². The maximum absolute atomic E-state index is 12.4. The average molecular weight is 940 g/mol. The molecular formula is C42H81N7O16. The highest BCUT2D eigenvalue weighted by Crippen LogP contribution is 2.25. The van der Waals surface area contributed by atoms with E-state index in [1.54, 1.807) is 4.90 Å².